The molecule has 0 fully saturated rings. The van der Waals surface area contributed by atoms with Gasteiger partial charge in [-0.2, -0.15) is 5.26 Å². The highest BCUT2D eigenvalue weighted by Gasteiger charge is 2.15. The third-order valence-corrected chi connectivity index (χ3v) is 4.18. The molecule has 0 aliphatic heterocycles. The van der Waals surface area contributed by atoms with Crippen LogP contribution in [0, 0.1) is 18.3 Å². The van der Waals surface area contributed by atoms with Gasteiger partial charge in [0.15, 0.2) is 0 Å². The van der Waals surface area contributed by atoms with E-state index in [0.29, 0.717) is 26.0 Å². The maximum Gasteiger partial charge on any atom is 0.227 e. The number of anilines is 1. The Morgan fingerprint density at radius 1 is 1.12 bits per heavy atom. The molecule has 2 aromatic rings. The fraction of sp³-hybridized carbons (Fsp3) is 0.364. The number of ether oxygens (including phenoxy) is 1. The molecule has 2 aromatic carbocycles. The largest absolute Gasteiger partial charge is 0.494 e. The lowest BCUT2D eigenvalue weighted by atomic mass is 10.1. The van der Waals surface area contributed by atoms with Crippen molar-refractivity contribution in [3.8, 4) is 11.8 Å². The number of aryl methyl sites for hydroxylation is 2. The van der Waals surface area contributed by atoms with Crippen LogP contribution in [0.1, 0.15) is 37.3 Å². The summed E-state index contributed by atoms with van der Waals surface area (Å²) in [6, 6.07) is 18.0. The summed E-state index contributed by atoms with van der Waals surface area (Å²) in [6.07, 6.45) is 2.45. The van der Waals surface area contributed by atoms with Gasteiger partial charge in [-0.25, -0.2) is 0 Å². The Morgan fingerprint density at radius 3 is 2.42 bits per heavy atom. The number of nitriles is 1. The molecule has 4 heteroatoms. The van der Waals surface area contributed by atoms with Crippen molar-refractivity contribution in [1.29, 1.82) is 5.26 Å². The predicted octanol–water partition coefficient (Wildman–Crippen LogP) is 4.66. The van der Waals surface area contributed by atoms with Gasteiger partial charge in [0, 0.05) is 18.7 Å². The topological polar surface area (TPSA) is 53.3 Å². The Hall–Kier alpha value is -2.80. The Balaban J connectivity index is 1.97. The summed E-state index contributed by atoms with van der Waals surface area (Å²) in [6.45, 7) is 5.02. The lowest BCUT2D eigenvalue weighted by molar-refractivity contribution is -0.118. The van der Waals surface area contributed by atoms with Crippen LogP contribution < -0.4 is 9.64 Å². The minimum absolute atomic E-state index is 0.0523. The molecule has 0 spiro atoms. The summed E-state index contributed by atoms with van der Waals surface area (Å²) in [5, 5.41) is 8.90. The summed E-state index contributed by atoms with van der Waals surface area (Å²) in [7, 11) is 0. The van der Waals surface area contributed by atoms with Crippen molar-refractivity contribution >= 4 is 11.6 Å². The molecular formula is C22H26N2O2. The molecule has 1 amide bonds. The van der Waals surface area contributed by atoms with Gasteiger partial charge in [-0.05, 0) is 56.5 Å². The van der Waals surface area contributed by atoms with Crippen LogP contribution in [0.4, 0.5) is 5.69 Å². The number of carbonyl (C=O) groups excluding carboxylic acids is 1. The molecule has 0 atom stereocenters. The fourth-order valence-corrected chi connectivity index (χ4v) is 2.78. The third kappa shape index (κ3) is 5.93. The molecule has 4 nitrogen and oxygen atoms in total. The average molecular weight is 350 g/mol. The summed E-state index contributed by atoms with van der Waals surface area (Å²) in [5.74, 6) is 0.833. The smallest absolute Gasteiger partial charge is 0.227 e. The Bertz CT molecular complexity index is 730. The van der Waals surface area contributed by atoms with Crippen molar-refractivity contribution in [2.45, 2.75) is 39.5 Å². The highest BCUT2D eigenvalue weighted by Crippen LogP contribution is 2.21. The van der Waals surface area contributed by atoms with Gasteiger partial charge >= 0.3 is 0 Å². The first-order valence-electron chi connectivity index (χ1n) is 9.09. The van der Waals surface area contributed by atoms with Gasteiger partial charge in [0.1, 0.15) is 5.75 Å². The fourth-order valence-electron chi connectivity index (χ4n) is 2.78. The van der Waals surface area contributed by atoms with Crippen molar-refractivity contribution in [2.24, 2.45) is 0 Å². The second-order valence-corrected chi connectivity index (χ2v) is 6.22. The quantitative estimate of drug-likeness (QED) is 0.661. The molecule has 2 rings (SSSR count). The SMILES string of the molecule is CCOc1ccc(N(CCC#N)C(=O)CCCc2ccc(C)cc2)cc1. The first kappa shape index (κ1) is 19.5. The average Bonchev–Trinajstić information content (AvgIpc) is 2.65. The number of hydrogen-bond acceptors (Lipinski definition) is 3. The predicted molar refractivity (Wildman–Crippen MR) is 104 cm³/mol. The summed E-state index contributed by atoms with van der Waals surface area (Å²) < 4.78 is 5.45. The van der Waals surface area contributed by atoms with Crippen LogP contribution in [0.15, 0.2) is 48.5 Å². The highest BCUT2D eigenvalue weighted by atomic mass is 16.5. The summed E-state index contributed by atoms with van der Waals surface area (Å²) >= 11 is 0. The standard InChI is InChI=1S/C22H26N2O2/c1-3-26-21-14-12-20(13-15-21)24(17-5-16-23)22(25)7-4-6-19-10-8-18(2)9-11-19/h8-15H,3-7,17H2,1-2H3. The molecule has 0 aromatic heterocycles. The van der Waals surface area contributed by atoms with Crippen LogP contribution in [-0.4, -0.2) is 19.1 Å². The van der Waals surface area contributed by atoms with E-state index >= 15 is 0 Å². The minimum atomic E-state index is 0.0523. The summed E-state index contributed by atoms with van der Waals surface area (Å²) in [5.41, 5.74) is 3.29. The Morgan fingerprint density at radius 2 is 1.81 bits per heavy atom. The zero-order valence-corrected chi connectivity index (χ0v) is 15.6. The molecule has 0 N–H and O–H groups in total. The Labute approximate surface area is 156 Å². The molecule has 0 heterocycles. The van der Waals surface area contributed by atoms with E-state index in [1.54, 1.807) is 4.90 Å². The number of nitrogens with zero attached hydrogens (tertiary/aromatic N) is 2. The minimum Gasteiger partial charge on any atom is -0.494 e. The zero-order valence-electron chi connectivity index (χ0n) is 15.6. The van der Waals surface area contributed by atoms with Gasteiger partial charge in [-0.15, -0.1) is 0 Å². The van der Waals surface area contributed by atoms with E-state index in [2.05, 4.69) is 37.3 Å². The van der Waals surface area contributed by atoms with Crippen molar-refractivity contribution in [2.75, 3.05) is 18.1 Å². The van der Waals surface area contributed by atoms with Crippen LogP contribution in [0.3, 0.4) is 0 Å². The van der Waals surface area contributed by atoms with E-state index < -0.39 is 0 Å². The second kappa shape index (κ2) is 10.2. The maximum atomic E-state index is 12.7. The molecule has 0 aliphatic rings. The van der Waals surface area contributed by atoms with E-state index in [1.165, 1.54) is 11.1 Å². The molecule has 0 aliphatic carbocycles. The number of rotatable bonds is 9. The second-order valence-electron chi connectivity index (χ2n) is 6.22. The molecule has 26 heavy (non-hydrogen) atoms. The van der Waals surface area contributed by atoms with Crippen LogP contribution >= 0.6 is 0 Å². The number of benzene rings is 2. The summed E-state index contributed by atoms with van der Waals surface area (Å²) in [4.78, 5) is 14.4. The lowest BCUT2D eigenvalue weighted by Crippen LogP contribution is -2.31. The van der Waals surface area contributed by atoms with Crippen molar-refractivity contribution in [1.82, 2.24) is 0 Å². The van der Waals surface area contributed by atoms with Crippen LogP contribution in [0.5, 0.6) is 5.75 Å². The first-order chi connectivity index (χ1) is 12.6. The normalized spacial score (nSPS) is 10.2. The highest BCUT2D eigenvalue weighted by molar-refractivity contribution is 5.93. The maximum absolute atomic E-state index is 12.7. The molecule has 0 radical (unpaired) electrons. The molecular weight excluding hydrogens is 324 g/mol. The van der Waals surface area contributed by atoms with Gasteiger partial charge in [0.25, 0.3) is 0 Å². The van der Waals surface area contributed by atoms with Crippen LogP contribution in [0.2, 0.25) is 0 Å². The van der Waals surface area contributed by atoms with Crippen molar-refractivity contribution < 1.29 is 9.53 Å². The first-order valence-corrected chi connectivity index (χ1v) is 9.09. The lowest BCUT2D eigenvalue weighted by Gasteiger charge is -2.22. The van der Waals surface area contributed by atoms with Crippen molar-refractivity contribution in [3.05, 3.63) is 59.7 Å². The van der Waals surface area contributed by atoms with Crippen LogP contribution in [0.25, 0.3) is 0 Å². The number of amides is 1. The van der Waals surface area contributed by atoms with Gasteiger partial charge in [-0.3, -0.25) is 4.79 Å². The van der Waals surface area contributed by atoms with E-state index in [1.807, 2.05) is 31.2 Å². The van der Waals surface area contributed by atoms with Gasteiger partial charge in [-0.1, -0.05) is 29.8 Å². The zero-order chi connectivity index (χ0) is 18.8. The van der Waals surface area contributed by atoms with E-state index in [4.69, 9.17) is 10.00 Å². The van der Waals surface area contributed by atoms with Gasteiger partial charge in [0.2, 0.25) is 5.91 Å². The monoisotopic (exact) mass is 350 g/mol. The van der Waals surface area contributed by atoms with E-state index in [9.17, 15) is 4.79 Å². The van der Waals surface area contributed by atoms with E-state index in [-0.39, 0.29) is 5.91 Å². The van der Waals surface area contributed by atoms with Gasteiger partial charge in [0.05, 0.1) is 19.1 Å². The third-order valence-electron chi connectivity index (χ3n) is 4.18. The molecule has 136 valence electrons. The van der Waals surface area contributed by atoms with Gasteiger partial charge < -0.3 is 9.64 Å². The molecule has 0 unspecified atom stereocenters. The molecule has 0 saturated carbocycles. The van der Waals surface area contributed by atoms with E-state index in [0.717, 1.165) is 24.3 Å². The number of hydrogen-bond donors (Lipinski definition) is 0. The molecule has 0 saturated heterocycles. The number of carbonyl (C=O) groups is 1. The molecule has 0 bridgehead atoms. The Kier molecular flexibility index (Phi) is 7.70. The van der Waals surface area contributed by atoms with Crippen molar-refractivity contribution in [3.63, 3.8) is 0 Å². The van der Waals surface area contributed by atoms with Crippen LogP contribution in [-0.2, 0) is 11.2 Å².